The van der Waals surface area contributed by atoms with Crippen molar-refractivity contribution >= 4 is 27.3 Å². The summed E-state index contributed by atoms with van der Waals surface area (Å²) in [6, 6.07) is 2.57. The summed E-state index contributed by atoms with van der Waals surface area (Å²) in [5, 5.41) is 11.0. The third kappa shape index (κ3) is 7.61. The molecule has 26 heavy (non-hydrogen) atoms. The van der Waals surface area contributed by atoms with Crippen molar-refractivity contribution in [1.82, 2.24) is 20.3 Å². The van der Waals surface area contributed by atoms with Crippen LogP contribution >= 0.6 is 11.3 Å². The number of likely N-dealkylation sites (tertiary alicyclic amines) is 1. The lowest BCUT2D eigenvalue weighted by Gasteiger charge is -2.33. The van der Waals surface area contributed by atoms with Crippen molar-refractivity contribution in [2.24, 2.45) is 4.99 Å². The first kappa shape index (κ1) is 21.1. The fourth-order valence-corrected chi connectivity index (χ4v) is 4.84. The molecule has 0 unspecified atom stereocenters. The SMILES string of the molecule is CN=C(NCC(C)(C)NS(C)(=O)=O)NC1CCN(Cc2ccsc2)CC1. The van der Waals surface area contributed by atoms with Crippen LogP contribution in [0.25, 0.3) is 0 Å². The fraction of sp³-hybridized carbons (Fsp3) is 0.706. The molecular weight excluding hydrogens is 370 g/mol. The Labute approximate surface area is 161 Å². The lowest BCUT2D eigenvalue weighted by atomic mass is 10.0. The van der Waals surface area contributed by atoms with Gasteiger partial charge in [0.05, 0.1) is 6.26 Å². The number of rotatable bonds is 7. The molecule has 9 heteroatoms. The first-order valence-electron chi connectivity index (χ1n) is 8.86. The molecule has 1 aliphatic rings. The van der Waals surface area contributed by atoms with Gasteiger partial charge in [0.2, 0.25) is 10.0 Å². The van der Waals surface area contributed by atoms with Gasteiger partial charge in [-0.25, -0.2) is 13.1 Å². The first-order valence-corrected chi connectivity index (χ1v) is 11.7. The highest BCUT2D eigenvalue weighted by Gasteiger charge is 2.24. The normalized spacial score (nSPS) is 18.1. The number of sulfonamides is 1. The summed E-state index contributed by atoms with van der Waals surface area (Å²) in [6.45, 7) is 7.29. The number of nitrogens with zero attached hydrogens (tertiary/aromatic N) is 2. The summed E-state index contributed by atoms with van der Waals surface area (Å²) in [4.78, 5) is 6.75. The minimum Gasteiger partial charge on any atom is -0.355 e. The van der Waals surface area contributed by atoms with Gasteiger partial charge in [-0.1, -0.05) is 0 Å². The van der Waals surface area contributed by atoms with Gasteiger partial charge in [0, 0.05) is 44.8 Å². The molecule has 0 atom stereocenters. The number of hydrogen-bond donors (Lipinski definition) is 3. The molecule has 1 aromatic rings. The second-order valence-corrected chi connectivity index (χ2v) is 10.0. The molecule has 0 spiro atoms. The highest BCUT2D eigenvalue weighted by molar-refractivity contribution is 7.88. The van der Waals surface area contributed by atoms with Gasteiger partial charge in [0.15, 0.2) is 5.96 Å². The van der Waals surface area contributed by atoms with Crippen molar-refractivity contribution in [2.45, 2.75) is 44.8 Å². The molecule has 0 radical (unpaired) electrons. The zero-order valence-electron chi connectivity index (χ0n) is 16.1. The molecule has 0 bridgehead atoms. The van der Waals surface area contributed by atoms with E-state index in [9.17, 15) is 8.42 Å². The molecule has 1 saturated heterocycles. The standard InChI is InChI=1S/C17H31N5O2S2/c1-17(2,21-26(4,23)24)13-19-16(18-3)20-15-5-8-22(9-6-15)11-14-7-10-25-12-14/h7,10,12,15,21H,5-6,8-9,11,13H2,1-4H3,(H2,18,19,20). The number of thiophene rings is 1. The van der Waals surface area contributed by atoms with Crippen LogP contribution in [-0.4, -0.2) is 63.8 Å². The molecule has 2 rings (SSSR count). The lowest BCUT2D eigenvalue weighted by molar-refractivity contribution is 0.198. The van der Waals surface area contributed by atoms with Crippen LogP contribution in [0.15, 0.2) is 21.8 Å². The third-order valence-electron chi connectivity index (χ3n) is 4.30. The van der Waals surface area contributed by atoms with E-state index in [1.165, 1.54) is 11.8 Å². The fourth-order valence-electron chi connectivity index (χ4n) is 3.11. The molecule has 1 aromatic heterocycles. The molecule has 0 aliphatic carbocycles. The van der Waals surface area contributed by atoms with Crippen LogP contribution in [0.2, 0.25) is 0 Å². The minimum absolute atomic E-state index is 0.380. The van der Waals surface area contributed by atoms with Crippen LogP contribution in [0, 0.1) is 0 Å². The second kappa shape index (κ2) is 9.16. The molecule has 148 valence electrons. The maximum Gasteiger partial charge on any atom is 0.209 e. The Bertz CT molecular complexity index is 678. The van der Waals surface area contributed by atoms with E-state index in [0.29, 0.717) is 18.5 Å². The highest BCUT2D eigenvalue weighted by atomic mass is 32.2. The summed E-state index contributed by atoms with van der Waals surface area (Å²) in [6.07, 6.45) is 3.30. The van der Waals surface area contributed by atoms with E-state index in [4.69, 9.17) is 0 Å². The largest absolute Gasteiger partial charge is 0.355 e. The molecule has 7 nitrogen and oxygen atoms in total. The van der Waals surface area contributed by atoms with Gasteiger partial charge in [-0.3, -0.25) is 9.89 Å². The van der Waals surface area contributed by atoms with Crippen molar-refractivity contribution < 1.29 is 8.42 Å². The Hall–Kier alpha value is -1.16. The molecule has 0 aromatic carbocycles. The van der Waals surface area contributed by atoms with E-state index in [-0.39, 0.29) is 0 Å². The van der Waals surface area contributed by atoms with Gasteiger partial charge in [0.25, 0.3) is 0 Å². The number of aliphatic imine (C=N–C) groups is 1. The molecule has 2 heterocycles. The topological polar surface area (TPSA) is 85.8 Å². The van der Waals surface area contributed by atoms with Gasteiger partial charge in [-0.15, -0.1) is 0 Å². The van der Waals surface area contributed by atoms with Crippen LogP contribution in [0.5, 0.6) is 0 Å². The monoisotopic (exact) mass is 401 g/mol. The number of piperidine rings is 1. The maximum absolute atomic E-state index is 11.4. The molecule has 1 fully saturated rings. The van der Waals surface area contributed by atoms with Gasteiger partial charge < -0.3 is 10.6 Å². The smallest absolute Gasteiger partial charge is 0.209 e. The van der Waals surface area contributed by atoms with Crippen molar-refractivity contribution in [3.63, 3.8) is 0 Å². The zero-order chi connectivity index (χ0) is 19.2. The Morgan fingerprint density at radius 3 is 2.62 bits per heavy atom. The predicted molar refractivity (Wildman–Crippen MR) is 109 cm³/mol. The molecule has 1 aliphatic heterocycles. The van der Waals surface area contributed by atoms with Crippen molar-refractivity contribution in [2.75, 3.05) is 32.9 Å². The van der Waals surface area contributed by atoms with Crippen LogP contribution in [0.3, 0.4) is 0 Å². The minimum atomic E-state index is -3.25. The van der Waals surface area contributed by atoms with Gasteiger partial charge in [-0.05, 0) is 49.1 Å². The summed E-state index contributed by atoms with van der Waals surface area (Å²) >= 11 is 1.74. The number of guanidine groups is 1. The molecule has 0 saturated carbocycles. The quantitative estimate of drug-likeness (QED) is 0.472. The molecule has 0 amide bonds. The van der Waals surface area contributed by atoms with Crippen LogP contribution < -0.4 is 15.4 Å². The van der Waals surface area contributed by atoms with Crippen LogP contribution in [0.4, 0.5) is 0 Å². The predicted octanol–water partition coefficient (Wildman–Crippen LogP) is 1.21. The Kier molecular flexibility index (Phi) is 7.45. The summed E-state index contributed by atoms with van der Waals surface area (Å²) < 4.78 is 25.5. The van der Waals surface area contributed by atoms with E-state index >= 15 is 0 Å². The Morgan fingerprint density at radius 2 is 2.08 bits per heavy atom. The van der Waals surface area contributed by atoms with Crippen molar-refractivity contribution in [3.05, 3.63) is 22.4 Å². The second-order valence-electron chi connectivity index (χ2n) is 7.51. The van der Waals surface area contributed by atoms with E-state index < -0.39 is 15.6 Å². The highest BCUT2D eigenvalue weighted by Crippen LogP contribution is 2.15. The zero-order valence-corrected chi connectivity index (χ0v) is 17.7. The number of hydrogen-bond acceptors (Lipinski definition) is 5. The van der Waals surface area contributed by atoms with Gasteiger partial charge in [0.1, 0.15) is 0 Å². The maximum atomic E-state index is 11.4. The van der Waals surface area contributed by atoms with Crippen LogP contribution in [0.1, 0.15) is 32.3 Å². The Morgan fingerprint density at radius 1 is 1.38 bits per heavy atom. The molecular formula is C17H31N5O2S2. The van der Waals surface area contributed by atoms with E-state index in [2.05, 4.69) is 42.1 Å². The van der Waals surface area contributed by atoms with E-state index in [0.717, 1.165) is 32.5 Å². The average Bonchev–Trinajstić information content (AvgIpc) is 3.04. The Balaban J connectivity index is 1.75. The average molecular weight is 402 g/mol. The van der Waals surface area contributed by atoms with Crippen molar-refractivity contribution in [1.29, 1.82) is 0 Å². The summed E-state index contributed by atoms with van der Waals surface area (Å²) in [5.74, 6) is 0.713. The summed E-state index contributed by atoms with van der Waals surface area (Å²) in [7, 11) is -1.51. The van der Waals surface area contributed by atoms with Gasteiger partial charge in [-0.2, -0.15) is 11.3 Å². The van der Waals surface area contributed by atoms with E-state index in [1.54, 1.807) is 18.4 Å². The number of nitrogens with one attached hydrogen (secondary N) is 3. The van der Waals surface area contributed by atoms with Crippen LogP contribution in [-0.2, 0) is 16.6 Å². The van der Waals surface area contributed by atoms with Crippen molar-refractivity contribution in [3.8, 4) is 0 Å². The molecule has 3 N–H and O–H groups in total. The van der Waals surface area contributed by atoms with Gasteiger partial charge >= 0.3 is 0 Å². The lowest BCUT2D eigenvalue weighted by Crippen LogP contribution is -2.55. The first-order chi connectivity index (χ1) is 12.2. The van der Waals surface area contributed by atoms with E-state index in [1.807, 2.05) is 13.8 Å². The third-order valence-corrected chi connectivity index (χ3v) is 5.95. The summed E-state index contributed by atoms with van der Waals surface area (Å²) in [5.41, 5.74) is 0.800.